The number of imidazole rings is 2. The van der Waals surface area contributed by atoms with Crippen molar-refractivity contribution in [1.82, 2.24) is 29.9 Å². The zero-order valence-electron chi connectivity index (χ0n) is 29.7. The van der Waals surface area contributed by atoms with Crippen LogP contribution in [0.1, 0.15) is 55.9 Å². The molecule has 2 aliphatic heterocycles. The molecule has 252 valence electrons. The average Bonchev–Trinajstić information content (AvgIpc) is 3.91. The van der Waals surface area contributed by atoms with Gasteiger partial charge >= 0.3 is 0 Å². The lowest BCUT2D eigenvalue weighted by atomic mass is 9.95. The SMILES string of the molecule is Cc1cc2c3nc4c(c(C)cc5cc(C)c6[nH]c(nc6c54)c4cc(C)cc(c4O)c4nc5c([nH]4)c(C)cc4cc(C)c6c(nc(c(c1)c2O)C6)c45)C3. The Morgan fingerprint density at radius 1 is 0.462 bits per heavy atom. The van der Waals surface area contributed by atoms with Gasteiger partial charge in [-0.3, -0.25) is 9.97 Å². The first-order valence-electron chi connectivity index (χ1n) is 17.8. The number of benzene rings is 6. The number of nitrogens with one attached hydrogen (secondary N) is 2. The van der Waals surface area contributed by atoms with Crippen molar-refractivity contribution in [2.24, 2.45) is 0 Å². The molecule has 52 heavy (non-hydrogen) atoms. The van der Waals surface area contributed by atoms with Crippen molar-refractivity contribution < 1.29 is 10.2 Å². The molecule has 6 aromatic carbocycles. The van der Waals surface area contributed by atoms with Gasteiger partial charge < -0.3 is 20.2 Å². The lowest BCUT2D eigenvalue weighted by Gasteiger charge is -2.08. The van der Waals surface area contributed by atoms with E-state index in [4.69, 9.17) is 19.9 Å². The molecule has 0 radical (unpaired) electrons. The number of aryl methyl sites for hydroxylation is 6. The number of aromatic hydroxyl groups is 2. The minimum Gasteiger partial charge on any atom is -0.507 e. The van der Waals surface area contributed by atoms with Gasteiger partial charge in [-0.25, -0.2) is 9.97 Å². The van der Waals surface area contributed by atoms with Gasteiger partial charge in [0.15, 0.2) is 0 Å². The fourth-order valence-electron chi connectivity index (χ4n) is 9.05. The highest BCUT2D eigenvalue weighted by atomic mass is 16.3. The van der Waals surface area contributed by atoms with E-state index in [1.165, 1.54) is 0 Å². The smallest absolute Gasteiger partial charge is 0.142 e. The van der Waals surface area contributed by atoms with Crippen LogP contribution in [0.5, 0.6) is 11.5 Å². The summed E-state index contributed by atoms with van der Waals surface area (Å²) in [6.45, 7) is 12.5. The molecule has 8 nitrogen and oxygen atoms in total. The van der Waals surface area contributed by atoms with E-state index in [1.807, 2.05) is 31.2 Å². The first-order chi connectivity index (χ1) is 25.0. The molecule has 2 aliphatic rings. The summed E-state index contributed by atoms with van der Waals surface area (Å²) in [5.41, 5.74) is 16.7. The fraction of sp³-hybridized carbons (Fsp3) is 0.182. The average molecular weight is 679 g/mol. The highest BCUT2D eigenvalue weighted by Gasteiger charge is 2.25. The summed E-state index contributed by atoms with van der Waals surface area (Å²) in [7, 11) is 0. The van der Waals surface area contributed by atoms with E-state index in [9.17, 15) is 10.2 Å². The summed E-state index contributed by atoms with van der Waals surface area (Å²) in [5, 5.41) is 30.9. The molecule has 5 heterocycles. The quantitative estimate of drug-likeness (QED) is 0.127. The standard InChI is InChI=1S/C44H34N6O2/c1-17-7-27-31-15-25-19(3)11-23-13-21(5)35-39(33(23)37(25)45-31)49-43(47-35)29-9-18(2)10-30(42(29)52)44-48-36-22(6)14-24-12-20(4)26-16-32(28(8-17)41(27)51)46-38(26)34(24)40(36)50-44/h7-14,51-52H,15-16H2,1-6H3,(H,47,49)(H,48,50). The fourth-order valence-corrected chi connectivity index (χ4v) is 9.05. The van der Waals surface area contributed by atoms with Crippen LogP contribution in [0, 0.1) is 41.5 Å². The van der Waals surface area contributed by atoms with Gasteiger partial charge in [0.25, 0.3) is 0 Å². The van der Waals surface area contributed by atoms with E-state index in [0.717, 1.165) is 121 Å². The first-order valence-corrected chi connectivity index (χ1v) is 17.8. The molecule has 12 bridgehead atoms. The summed E-state index contributed by atoms with van der Waals surface area (Å²) < 4.78 is 0. The third-order valence-electron chi connectivity index (χ3n) is 11.6. The van der Waals surface area contributed by atoms with E-state index in [2.05, 4.69) is 68.9 Å². The number of rotatable bonds is 0. The largest absolute Gasteiger partial charge is 0.507 e. The molecular formula is C44H34N6O2. The molecular weight excluding hydrogens is 645 g/mol. The number of H-pyrrole nitrogens is 2. The molecule has 8 heteroatoms. The highest BCUT2D eigenvalue weighted by molar-refractivity contribution is 6.18. The van der Waals surface area contributed by atoms with Crippen LogP contribution in [0.4, 0.5) is 0 Å². The molecule has 0 atom stereocenters. The lowest BCUT2D eigenvalue weighted by Crippen LogP contribution is -1.91. The second kappa shape index (κ2) is 9.73. The molecule has 3 aromatic heterocycles. The van der Waals surface area contributed by atoms with Crippen molar-refractivity contribution in [1.29, 1.82) is 0 Å². The number of aromatic nitrogens is 6. The number of phenolic OH excluding ortho intramolecular Hbond substituents is 2. The Morgan fingerprint density at radius 2 is 0.846 bits per heavy atom. The summed E-state index contributed by atoms with van der Waals surface area (Å²) in [6, 6.07) is 16.8. The van der Waals surface area contributed by atoms with E-state index in [0.29, 0.717) is 34.9 Å². The van der Waals surface area contributed by atoms with Gasteiger partial charge in [-0.05, 0) is 133 Å². The van der Waals surface area contributed by atoms with Gasteiger partial charge in [-0.1, -0.05) is 12.1 Å². The van der Waals surface area contributed by atoms with Crippen molar-refractivity contribution >= 4 is 87.5 Å². The topological polar surface area (TPSA) is 124 Å². The minimum absolute atomic E-state index is 0.106. The molecule has 0 saturated heterocycles. The Balaban J connectivity index is 1.42. The second-order valence-electron chi connectivity index (χ2n) is 15.1. The summed E-state index contributed by atoms with van der Waals surface area (Å²) in [4.78, 5) is 28.2. The molecule has 0 saturated carbocycles. The molecule has 4 N–H and O–H groups in total. The molecule has 0 unspecified atom stereocenters. The van der Waals surface area contributed by atoms with Crippen LogP contribution in [-0.4, -0.2) is 40.1 Å². The maximum atomic E-state index is 12.1. The number of aromatic amines is 2. The predicted octanol–water partition coefficient (Wildman–Crippen LogP) is 9.91. The third-order valence-corrected chi connectivity index (χ3v) is 11.6. The van der Waals surface area contributed by atoms with E-state index >= 15 is 0 Å². The highest BCUT2D eigenvalue weighted by Crippen LogP contribution is 2.43. The van der Waals surface area contributed by atoms with Gasteiger partial charge in [0, 0.05) is 34.4 Å². The zero-order chi connectivity index (χ0) is 35.5. The Labute approximate surface area is 297 Å². The summed E-state index contributed by atoms with van der Waals surface area (Å²) >= 11 is 0. The van der Waals surface area contributed by atoms with Crippen LogP contribution in [0.25, 0.3) is 87.5 Å². The monoisotopic (exact) mass is 678 g/mol. The molecule has 0 fully saturated rings. The molecule has 9 aromatic rings. The second-order valence-corrected chi connectivity index (χ2v) is 15.1. The molecule has 0 spiro atoms. The summed E-state index contributed by atoms with van der Waals surface area (Å²) in [6.07, 6.45) is 1.19. The number of fused-ring (bicyclic) bond motifs is 12. The van der Waals surface area contributed by atoms with Gasteiger partial charge in [0.1, 0.15) is 22.8 Å². The van der Waals surface area contributed by atoms with Crippen LogP contribution >= 0.6 is 0 Å². The van der Waals surface area contributed by atoms with Crippen molar-refractivity contribution in [3.8, 4) is 11.5 Å². The van der Waals surface area contributed by atoms with Crippen molar-refractivity contribution in [3.63, 3.8) is 0 Å². The van der Waals surface area contributed by atoms with Crippen molar-refractivity contribution in [3.05, 3.63) is 104 Å². The lowest BCUT2D eigenvalue weighted by molar-refractivity contribution is 0.486. The Bertz CT molecular complexity index is 3120. The van der Waals surface area contributed by atoms with Crippen molar-refractivity contribution in [2.45, 2.75) is 54.4 Å². The maximum Gasteiger partial charge on any atom is 0.142 e. The van der Waals surface area contributed by atoms with Gasteiger partial charge in [-0.15, -0.1) is 0 Å². The van der Waals surface area contributed by atoms with Crippen LogP contribution in [0.3, 0.4) is 0 Å². The van der Waals surface area contributed by atoms with E-state index < -0.39 is 0 Å². The van der Waals surface area contributed by atoms with Crippen molar-refractivity contribution in [2.75, 3.05) is 0 Å². The molecule has 11 rings (SSSR count). The normalized spacial score (nSPS) is 13.2. The predicted molar refractivity (Wildman–Crippen MR) is 210 cm³/mol. The van der Waals surface area contributed by atoms with Gasteiger partial charge in [0.05, 0.1) is 55.3 Å². The Morgan fingerprint density at radius 3 is 1.29 bits per heavy atom. The van der Waals surface area contributed by atoms with Crippen LogP contribution < -0.4 is 0 Å². The van der Waals surface area contributed by atoms with Gasteiger partial charge in [-0.2, -0.15) is 0 Å². The third kappa shape index (κ3) is 3.76. The number of hydrogen-bond donors (Lipinski definition) is 4. The Kier molecular flexibility index (Phi) is 5.51. The van der Waals surface area contributed by atoms with E-state index in [1.54, 1.807) is 0 Å². The first kappa shape index (κ1) is 29.5. The van der Waals surface area contributed by atoms with Crippen LogP contribution in [0.2, 0.25) is 0 Å². The summed E-state index contributed by atoms with van der Waals surface area (Å²) in [5.74, 6) is 0.312. The van der Waals surface area contributed by atoms with E-state index in [-0.39, 0.29) is 11.5 Å². The zero-order valence-corrected chi connectivity index (χ0v) is 29.7. The number of hydrogen-bond acceptors (Lipinski definition) is 6. The van der Waals surface area contributed by atoms with Crippen LogP contribution in [0.15, 0.2) is 48.5 Å². The molecule has 0 aliphatic carbocycles. The molecule has 0 amide bonds. The van der Waals surface area contributed by atoms with Crippen LogP contribution in [-0.2, 0) is 12.8 Å². The van der Waals surface area contributed by atoms with Gasteiger partial charge in [0.2, 0.25) is 0 Å². The Hall–Kier alpha value is -6.28. The minimum atomic E-state index is 0.106. The number of nitrogens with zero attached hydrogens (tertiary/aromatic N) is 4. The number of phenols is 2. The maximum absolute atomic E-state index is 12.1.